The van der Waals surface area contributed by atoms with E-state index in [1.165, 1.54) is 0 Å². The lowest BCUT2D eigenvalue weighted by Crippen LogP contribution is -2.21. The average molecular weight is 541 g/mol. The van der Waals surface area contributed by atoms with Crippen LogP contribution >= 0.6 is 0 Å². The van der Waals surface area contributed by atoms with Gasteiger partial charge in [0, 0.05) is 22.3 Å². The number of hydrogen-bond acceptors (Lipinski definition) is 5. The number of carbonyl (C=O) groups excluding carboxylic acids is 4. The zero-order valence-electron chi connectivity index (χ0n) is 21.8. The molecule has 194 valence electrons. The van der Waals surface area contributed by atoms with Crippen LogP contribution in [0.25, 0.3) is 49.4 Å². The molecular formula is C36H16N2O4. The van der Waals surface area contributed by atoms with Gasteiger partial charge in [0.15, 0.2) is 5.69 Å². The molecule has 0 heterocycles. The fourth-order valence-electron chi connectivity index (χ4n) is 5.83. The third-order valence-electron chi connectivity index (χ3n) is 7.86. The van der Waals surface area contributed by atoms with Gasteiger partial charge in [-0.25, -0.2) is 4.85 Å². The molecule has 0 atom stereocenters. The van der Waals surface area contributed by atoms with Crippen LogP contribution in [0.15, 0.2) is 97.1 Å². The minimum absolute atomic E-state index is 0.226. The van der Waals surface area contributed by atoms with E-state index in [0.29, 0.717) is 55.6 Å². The zero-order chi connectivity index (χ0) is 29.1. The number of carbonyl (C=O) groups is 4. The molecule has 0 aliphatic heterocycles. The molecule has 7 rings (SSSR count). The maximum absolute atomic E-state index is 13.0. The summed E-state index contributed by atoms with van der Waals surface area (Å²) in [4.78, 5) is 55.3. The van der Waals surface area contributed by atoms with E-state index in [4.69, 9.17) is 6.57 Å². The first-order valence-corrected chi connectivity index (χ1v) is 13.0. The van der Waals surface area contributed by atoms with Crippen molar-refractivity contribution in [3.63, 3.8) is 0 Å². The van der Waals surface area contributed by atoms with Crippen molar-refractivity contribution < 1.29 is 19.2 Å². The SMILES string of the molecule is [C-]#[N+]c1cc(-c2ccc3c(c2)C(=O)C(=O)c2ccccc2-3)c(C#N)cc1-c1ccc2c(c1)C(=O)C(=O)c1ccccc1-2. The molecule has 6 nitrogen and oxygen atoms in total. The van der Waals surface area contributed by atoms with E-state index in [2.05, 4.69) is 10.9 Å². The highest BCUT2D eigenvalue weighted by atomic mass is 16.2. The summed E-state index contributed by atoms with van der Waals surface area (Å²) in [6.07, 6.45) is 0. The maximum Gasteiger partial charge on any atom is 0.234 e. The fraction of sp³-hybridized carbons (Fsp3) is 0. The van der Waals surface area contributed by atoms with Gasteiger partial charge < -0.3 is 0 Å². The Kier molecular flexibility index (Phi) is 5.40. The van der Waals surface area contributed by atoms with Gasteiger partial charge in [-0.2, -0.15) is 5.26 Å². The number of Topliss-reactive ketones (excluding diaryl/α,β-unsaturated/α-hetero) is 4. The van der Waals surface area contributed by atoms with Gasteiger partial charge in [0.2, 0.25) is 23.1 Å². The summed E-state index contributed by atoms with van der Waals surface area (Å²) in [6.45, 7) is 7.89. The summed E-state index contributed by atoms with van der Waals surface area (Å²) in [5.41, 5.74) is 6.19. The Morgan fingerprint density at radius 3 is 1.38 bits per heavy atom. The predicted octanol–water partition coefficient (Wildman–Crippen LogP) is 7.54. The van der Waals surface area contributed by atoms with Crippen molar-refractivity contribution in [3.05, 3.63) is 136 Å². The molecule has 5 aromatic carbocycles. The van der Waals surface area contributed by atoms with Crippen LogP contribution in [-0.2, 0) is 0 Å². The lowest BCUT2D eigenvalue weighted by Gasteiger charge is -2.20. The number of benzene rings is 5. The summed E-state index contributed by atoms with van der Waals surface area (Å²) < 4.78 is 0. The standard InChI is InChI=1S/C36H16N2O4/c1-38-32-17-28(19-10-12-24-22-6-2-4-8-26(22)33(39)35(41)30(24)14-19)21(18-37)16-29(32)20-11-13-25-23-7-3-5-9-27(23)34(40)36(42)31(25)15-20/h2-17H. The van der Waals surface area contributed by atoms with E-state index >= 15 is 0 Å². The van der Waals surface area contributed by atoms with Gasteiger partial charge >= 0.3 is 0 Å². The Morgan fingerprint density at radius 1 is 0.476 bits per heavy atom. The van der Waals surface area contributed by atoms with Gasteiger partial charge in [-0.1, -0.05) is 72.8 Å². The van der Waals surface area contributed by atoms with E-state index in [0.717, 1.165) is 0 Å². The molecule has 0 bridgehead atoms. The molecule has 2 aliphatic carbocycles. The molecule has 0 amide bonds. The number of rotatable bonds is 2. The highest BCUT2D eigenvalue weighted by Gasteiger charge is 2.32. The van der Waals surface area contributed by atoms with Gasteiger partial charge in [0.25, 0.3) is 0 Å². The summed E-state index contributed by atoms with van der Waals surface area (Å²) >= 11 is 0. The van der Waals surface area contributed by atoms with Crippen molar-refractivity contribution in [3.8, 4) is 50.6 Å². The number of nitriles is 1. The summed E-state index contributed by atoms with van der Waals surface area (Å²) in [5.74, 6) is -2.42. The van der Waals surface area contributed by atoms with Gasteiger partial charge in [-0.05, 0) is 68.8 Å². The Morgan fingerprint density at radius 2 is 0.905 bits per heavy atom. The molecule has 6 heteroatoms. The predicted molar refractivity (Wildman–Crippen MR) is 156 cm³/mol. The summed E-state index contributed by atoms with van der Waals surface area (Å²) in [5, 5.41) is 10.1. The molecule has 2 aliphatic rings. The molecular weight excluding hydrogens is 524 g/mol. The quantitative estimate of drug-likeness (QED) is 0.170. The molecule has 0 saturated heterocycles. The Bertz CT molecular complexity index is 2040. The van der Waals surface area contributed by atoms with Crippen molar-refractivity contribution in [2.45, 2.75) is 0 Å². The van der Waals surface area contributed by atoms with Gasteiger partial charge in [0.05, 0.1) is 18.2 Å². The summed E-state index contributed by atoms with van der Waals surface area (Å²) in [7, 11) is 0. The third-order valence-corrected chi connectivity index (χ3v) is 7.86. The molecule has 0 radical (unpaired) electrons. The molecule has 0 spiro atoms. The maximum atomic E-state index is 13.0. The first kappa shape index (κ1) is 24.8. The zero-order valence-corrected chi connectivity index (χ0v) is 21.8. The number of nitrogens with zero attached hydrogens (tertiary/aromatic N) is 2. The van der Waals surface area contributed by atoms with E-state index in [1.54, 1.807) is 97.1 Å². The second-order valence-corrected chi connectivity index (χ2v) is 10.1. The van der Waals surface area contributed by atoms with Crippen molar-refractivity contribution in [2.75, 3.05) is 0 Å². The Balaban J connectivity index is 1.37. The van der Waals surface area contributed by atoms with Crippen LogP contribution in [0, 0.1) is 17.9 Å². The van der Waals surface area contributed by atoms with Gasteiger partial charge in [0.1, 0.15) is 0 Å². The van der Waals surface area contributed by atoms with Crippen LogP contribution in [0.3, 0.4) is 0 Å². The number of hydrogen-bond donors (Lipinski definition) is 0. The molecule has 0 aromatic heterocycles. The third kappa shape index (κ3) is 3.50. The molecule has 5 aromatic rings. The molecule has 0 saturated carbocycles. The van der Waals surface area contributed by atoms with Crippen LogP contribution in [-0.4, -0.2) is 23.1 Å². The van der Waals surface area contributed by atoms with Gasteiger partial charge in [-0.3, -0.25) is 19.2 Å². The highest BCUT2D eigenvalue weighted by Crippen LogP contribution is 2.42. The lowest BCUT2D eigenvalue weighted by molar-refractivity contribution is 0.0815. The number of ketones is 4. The van der Waals surface area contributed by atoms with Crippen LogP contribution < -0.4 is 0 Å². The van der Waals surface area contributed by atoms with E-state index in [9.17, 15) is 24.4 Å². The normalized spacial score (nSPS) is 12.9. The second-order valence-electron chi connectivity index (χ2n) is 10.1. The van der Waals surface area contributed by atoms with Crippen LogP contribution in [0.1, 0.15) is 47.0 Å². The highest BCUT2D eigenvalue weighted by molar-refractivity contribution is 6.53. The molecule has 42 heavy (non-hydrogen) atoms. The molecule has 0 unspecified atom stereocenters. The van der Waals surface area contributed by atoms with Crippen LogP contribution in [0.4, 0.5) is 5.69 Å². The van der Waals surface area contributed by atoms with Crippen molar-refractivity contribution in [1.29, 1.82) is 5.26 Å². The topological polar surface area (TPSA) is 96.4 Å². The fourth-order valence-corrected chi connectivity index (χ4v) is 5.83. The van der Waals surface area contributed by atoms with Crippen LogP contribution in [0.5, 0.6) is 0 Å². The van der Waals surface area contributed by atoms with Gasteiger partial charge in [-0.15, -0.1) is 0 Å². The Labute approximate surface area is 239 Å². The first-order chi connectivity index (χ1) is 20.4. The largest absolute Gasteiger partial charge is 0.285 e. The van der Waals surface area contributed by atoms with E-state index < -0.39 is 23.1 Å². The second kappa shape index (κ2) is 9.16. The van der Waals surface area contributed by atoms with Crippen molar-refractivity contribution in [2.24, 2.45) is 0 Å². The lowest BCUT2D eigenvalue weighted by atomic mass is 9.81. The molecule has 0 N–H and O–H groups in total. The molecule has 0 fully saturated rings. The monoisotopic (exact) mass is 540 g/mol. The van der Waals surface area contributed by atoms with Crippen LogP contribution in [0.2, 0.25) is 0 Å². The number of fused-ring (bicyclic) bond motifs is 6. The van der Waals surface area contributed by atoms with E-state index in [-0.39, 0.29) is 22.4 Å². The van der Waals surface area contributed by atoms with Crippen molar-refractivity contribution >= 4 is 28.8 Å². The summed E-state index contributed by atoms with van der Waals surface area (Å²) in [6, 6.07) is 29.4. The minimum Gasteiger partial charge on any atom is -0.285 e. The average Bonchev–Trinajstić information content (AvgIpc) is 3.05. The Hall–Kier alpha value is -6.24. The minimum atomic E-state index is -0.624. The van der Waals surface area contributed by atoms with E-state index in [1.807, 2.05) is 0 Å². The van der Waals surface area contributed by atoms with Crippen molar-refractivity contribution in [1.82, 2.24) is 0 Å². The smallest absolute Gasteiger partial charge is 0.234 e. The first-order valence-electron chi connectivity index (χ1n) is 13.0.